The van der Waals surface area contributed by atoms with Crippen LogP contribution in [0.5, 0.6) is 5.75 Å². The van der Waals surface area contributed by atoms with Crippen LogP contribution in [0.15, 0.2) is 79.0 Å². The normalized spacial score (nSPS) is 11.5. The summed E-state index contributed by atoms with van der Waals surface area (Å²) in [6.07, 6.45) is -3.10. The van der Waals surface area contributed by atoms with E-state index in [-0.39, 0.29) is 5.56 Å². The quantitative estimate of drug-likeness (QED) is 0.418. The molecule has 1 aromatic heterocycles. The van der Waals surface area contributed by atoms with Crippen LogP contribution in [0.25, 0.3) is 10.9 Å². The molecule has 4 rings (SSSR count). The number of amides is 1. The summed E-state index contributed by atoms with van der Waals surface area (Å²) >= 11 is 0. The van der Waals surface area contributed by atoms with Crippen molar-refractivity contribution in [1.82, 2.24) is 4.57 Å². The number of fused-ring (bicyclic) bond motifs is 1. The second kappa shape index (κ2) is 8.18. The van der Waals surface area contributed by atoms with Crippen molar-refractivity contribution in [2.75, 3.05) is 5.32 Å². The van der Waals surface area contributed by atoms with E-state index >= 15 is 0 Å². The summed E-state index contributed by atoms with van der Waals surface area (Å²) in [5.74, 6) is -1.23. The molecule has 0 unspecified atom stereocenters. The van der Waals surface area contributed by atoms with Crippen molar-refractivity contribution in [2.45, 2.75) is 19.8 Å². The van der Waals surface area contributed by atoms with Crippen LogP contribution in [-0.4, -0.2) is 16.8 Å². The van der Waals surface area contributed by atoms with Crippen molar-refractivity contribution >= 4 is 22.5 Å². The van der Waals surface area contributed by atoms with Gasteiger partial charge >= 0.3 is 6.36 Å². The molecule has 158 valence electrons. The predicted molar refractivity (Wildman–Crippen MR) is 113 cm³/mol. The Bertz CT molecular complexity index is 1230. The number of rotatable bonds is 5. The molecule has 4 nitrogen and oxygen atoms in total. The van der Waals surface area contributed by atoms with Crippen molar-refractivity contribution in [3.05, 3.63) is 95.7 Å². The van der Waals surface area contributed by atoms with Gasteiger partial charge in [0.25, 0.3) is 5.91 Å². The fourth-order valence-corrected chi connectivity index (χ4v) is 3.42. The lowest BCUT2D eigenvalue weighted by Gasteiger charge is -2.12. The number of carbonyl (C=O) groups excluding carboxylic acids is 1. The zero-order valence-corrected chi connectivity index (χ0v) is 16.6. The summed E-state index contributed by atoms with van der Waals surface area (Å²) < 4.78 is 44.1. The number of halogens is 3. The summed E-state index contributed by atoms with van der Waals surface area (Å²) in [6.45, 7) is 2.60. The van der Waals surface area contributed by atoms with Crippen LogP contribution in [0.4, 0.5) is 18.9 Å². The zero-order chi connectivity index (χ0) is 22.0. The molecule has 0 spiro atoms. The maximum Gasteiger partial charge on any atom is 0.573 e. The average molecular weight is 424 g/mol. The average Bonchev–Trinajstić information content (AvgIpc) is 3.06. The molecule has 1 amide bonds. The lowest BCUT2D eigenvalue weighted by Crippen LogP contribution is -2.20. The minimum Gasteiger partial charge on any atom is -0.405 e. The lowest BCUT2D eigenvalue weighted by atomic mass is 10.1. The molecule has 0 saturated heterocycles. The minimum atomic E-state index is -4.89. The van der Waals surface area contributed by atoms with Gasteiger partial charge in [0.15, 0.2) is 0 Å². The molecule has 0 bridgehead atoms. The molecule has 3 aromatic carbocycles. The van der Waals surface area contributed by atoms with E-state index in [0.29, 0.717) is 12.2 Å². The Labute approximate surface area is 176 Å². The third-order valence-corrected chi connectivity index (χ3v) is 4.87. The predicted octanol–water partition coefficient (Wildman–Crippen LogP) is 6.15. The van der Waals surface area contributed by atoms with E-state index in [1.54, 1.807) is 6.20 Å². The van der Waals surface area contributed by atoms with Crippen molar-refractivity contribution in [1.29, 1.82) is 0 Å². The molecule has 31 heavy (non-hydrogen) atoms. The molecule has 1 heterocycles. The highest BCUT2D eigenvalue weighted by molar-refractivity contribution is 6.10. The van der Waals surface area contributed by atoms with Gasteiger partial charge < -0.3 is 14.6 Å². The van der Waals surface area contributed by atoms with Crippen molar-refractivity contribution in [3.63, 3.8) is 0 Å². The van der Waals surface area contributed by atoms with E-state index in [1.807, 2.05) is 60.0 Å². The van der Waals surface area contributed by atoms with Gasteiger partial charge in [-0.25, -0.2) is 0 Å². The van der Waals surface area contributed by atoms with Crippen LogP contribution in [0.1, 0.15) is 21.5 Å². The number of alkyl halides is 3. The first kappa shape index (κ1) is 20.5. The second-order valence-electron chi connectivity index (χ2n) is 7.17. The van der Waals surface area contributed by atoms with E-state index < -0.39 is 18.0 Å². The number of benzene rings is 3. The largest absolute Gasteiger partial charge is 0.573 e. The van der Waals surface area contributed by atoms with Crippen LogP contribution in [0.2, 0.25) is 0 Å². The lowest BCUT2D eigenvalue weighted by molar-refractivity contribution is -0.274. The first-order valence-corrected chi connectivity index (χ1v) is 9.60. The number of carbonyl (C=O) groups is 1. The second-order valence-corrected chi connectivity index (χ2v) is 7.17. The number of hydrogen-bond acceptors (Lipinski definition) is 2. The summed E-state index contributed by atoms with van der Waals surface area (Å²) in [5.41, 5.74) is 3.46. The number of nitrogens with zero attached hydrogens (tertiary/aromatic N) is 1. The molecular formula is C24H19F3N2O2. The summed E-state index contributed by atoms with van der Waals surface area (Å²) in [6, 6.07) is 20.9. The first-order chi connectivity index (χ1) is 14.8. The SMILES string of the molecule is Cc1ccc(Cn2cc(NC(=O)c3ccccc3OC(F)(F)F)c3ccccc32)cc1. The number of nitrogens with one attached hydrogen (secondary N) is 1. The Kier molecular flexibility index (Phi) is 5.42. The highest BCUT2D eigenvalue weighted by atomic mass is 19.4. The molecule has 0 aliphatic carbocycles. The van der Waals surface area contributed by atoms with Gasteiger partial charge in [-0.3, -0.25) is 4.79 Å². The standard InChI is InChI=1S/C24H19F3N2O2/c1-16-10-12-17(13-11-16)14-29-15-20(18-6-2-4-8-21(18)29)28-23(30)19-7-3-5-9-22(19)31-24(25,26)27/h2-13,15H,14H2,1H3,(H,28,30). The number of aromatic nitrogens is 1. The number of aryl methyl sites for hydroxylation is 1. The van der Waals surface area contributed by atoms with Crippen LogP contribution in [0.3, 0.4) is 0 Å². The third kappa shape index (κ3) is 4.71. The van der Waals surface area contributed by atoms with Crippen molar-refractivity contribution < 1.29 is 22.7 Å². The van der Waals surface area contributed by atoms with Crippen molar-refractivity contribution in [3.8, 4) is 5.75 Å². The molecule has 0 radical (unpaired) electrons. The van der Waals surface area contributed by atoms with Gasteiger partial charge in [0.2, 0.25) is 0 Å². The Morgan fingerprint density at radius 1 is 0.968 bits per heavy atom. The van der Waals surface area contributed by atoms with Gasteiger partial charge in [0.05, 0.1) is 16.8 Å². The topological polar surface area (TPSA) is 43.3 Å². The van der Waals surface area contributed by atoms with Crippen LogP contribution >= 0.6 is 0 Å². The molecule has 0 atom stereocenters. The van der Waals surface area contributed by atoms with Crippen LogP contribution < -0.4 is 10.1 Å². The van der Waals surface area contributed by atoms with E-state index in [9.17, 15) is 18.0 Å². The molecule has 0 saturated carbocycles. The van der Waals surface area contributed by atoms with E-state index in [1.165, 1.54) is 18.2 Å². The smallest absolute Gasteiger partial charge is 0.405 e. The zero-order valence-electron chi connectivity index (χ0n) is 16.6. The molecule has 0 fully saturated rings. The molecule has 7 heteroatoms. The number of anilines is 1. The number of para-hydroxylation sites is 2. The van der Waals surface area contributed by atoms with E-state index in [2.05, 4.69) is 10.1 Å². The molecule has 0 aliphatic rings. The summed E-state index contributed by atoms with van der Waals surface area (Å²) in [4.78, 5) is 12.8. The minimum absolute atomic E-state index is 0.199. The Morgan fingerprint density at radius 2 is 1.65 bits per heavy atom. The first-order valence-electron chi connectivity index (χ1n) is 9.60. The summed E-state index contributed by atoms with van der Waals surface area (Å²) in [7, 11) is 0. The monoisotopic (exact) mass is 424 g/mol. The molecule has 4 aromatic rings. The third-order valence-electron chi connectivity index (χ3n) is 4.87. The van der Waals surface area contributed by atoms with Crippen LogP contribution in [0, 0.1) is 6.92 Å². The van der Waals surface area contributed by atoms with Gasteiger partial charge in [-0.05, 0) is 30.7 Å². The van der Waals surface area contributed by atoms with Gasteiger partial charge in [-0.2, -0.15) is 0 Å². The maximum absolute atomic E-state index is 12.8. The molecule has 1 N–H and O–H groups in total. The van der Waals surface area contributed by atoms with E-state index in [0.717, 1.165) is 28.1 Å². The van der Waals surface area contributed by atoms with Crippen molar-refractivity contribution in [2.24, 2.45) is 0 Å². The van der Waals surface area contributed by atoms with Gasteiger partial charge in [0.1, 0.15) is 5.75 Å². The highest BCUT2D eigenvalue weighted by Crippen LogP contribution is 2.30. The van der Waals surface area contributed by atoms with Gasteiger partial charge in [-0.1, -0.05) is 60.2 Å². The fourth-order valence-electron chi connectivity index (χ4n) is 3.42. The number of ether oxygens (including phenoxy) is 1. The summed E-state index contributed by atoms with van der Waals surface area (Å²) in [5, 5.41) is 3.52. The van der Waals surface area contributed by atoms with E-state index in [4.69, 9.17) is 0 Å². The Morgan fingerprint density at radius 3 is 2.39 bits per heavy atom. The van der Waals surface area contributed by atoms with Gasteiger partial charge in [0, 0.05) is 18.1 Å². The Hall–Kier alpha value is -3.74. The fraction of sp³-hybridized carbons (Fsp3) is 0.125. The molecular weight excluding hydrogens is 405 g/mol. The maximum atomic E-state index is 12.8. The highest BCUT2D eigenvalue weighted by Gasteiger charge is 2.33. The van der Waals surface area contributed by atoms with Gasteiger partial charge in [-0.15, -0.1) is 13.2 Å². The number of hydrogen-bond donors (Lipinski definition) is 1. The van der Waals surface area contributed by atoms with Crippen LogP contribution in [-0.2, 0) is 6.54 Å². The Balaban J connectivity index is 1.65. The molecule has 0 aliphatic heterocycles.